The van der Waals surface area contributed by atoms with E-state index in [1.54, 1.807) is 0 Å². The van der Waals surface area contributed by atoms with Crippen molar-refractivity contribution in [2.45, 2.75) is 26.8 Å². The molecule has 0 atom stereocenters. The Kier molecular flexibility index (Phi) is 7.09. The van der Waals surface area contributed by atoms with Gasteiger partial charge in [0.25, 0.3) is 0 Å². The van der Waals surface area contributed by atoms with Crippen molar-refractivity contribution in [3.8, 4) is 5.75 Å². The summed E-state index contributed by atoms with van der Waals surface area (Å²) in [6.07, 6.45) is 0. The molecule has 0 aliphatic carbocycles. The molecule has 0 aromatic heterocycles. The molecule has 0 amide bonds. The number of quaternary nitrogens is 1. The summed E-state index contributed by atoms with van der Waals surface area (Å²) in [7, 11) is 0. The van der Waals surface area contributed by atoms with Crippen molar-refractivity contribution >= 4 is 11.6 Å². The summed E-state index contributed by atoms with van der Waals surface area (Å²) < 4.78 is 11.1. The second-order valence-corrected chi connectivity index (χ2v) is 5.02. The maximum absolute atomic E-state index is 6.06. The van der Waals surface area contributed by atoms with Gasteiger partial charge in [0.15, 0.2) is 0 Å². The number of nitrogens with two attached hydrogens (primary N) is 1. The first-order valence-corrected chi connectivity index (χ1v) is 6.78. The maximum Gasteiger partial charge on any atom is 0.140 e. The molecule has 0 unspecified atom stereocenters. The topological polar surface area (TPSA) is 35.1 Å². The predicted octanol–water partition coefficient (Wildman–Crippen LogP) is 2.02. The third kappa shape index (κ3) is 5.71. The van der Waals surface area contributed by atoms with E-state index in [-0.39, 0.29) is 0 Å². The van der Waals surface area contributed by atoms with Crippen molar-refractivity contribution < 1.29 is 14.8 Å². The minimum absolute atomic E-state index is 0.534. The lowest BCUT2D eigenvalue weighted by Crippen LogP contribution is -2.89. The number of aryl methyl sites for hydroxylation is 1. The second-order valence-electron chi connectivity index (χ2n) is 4.62. The maximum atomic E-state index is 6.06. The summed E-state index contributed by atoms with van der Waals surface area (Å²) >= 11 is 6.06. The Labute approximate surface area is 114 Å². The van der Waals surface area contributed by atoms with Crippen molar-refractivity contribution in [3.63, 3.8) is 0 Å². The standard InChI is InChI=1S/C14H22ClNO2/c1-11(2)16-7-8-17-9-10-18-14-12(3)5-4-6-13(14)15/h4-6,11,16H,7-10H2,1-3H3/p+1. The molecule has 3 nitrogen and oxygen atoms in total. The Hall–Kier alpha value is -0.770. The molecule has 2 N–H and O–H groups in total. The zero-order valence-electron chi connectivity index (χ0n) is 11.4. The molecule has 4 heteroatoms. The van der Waals surface area contributed by atoms with Gasteiger partial charge in [0.2, 0.25) is 0 Å². The number of hydrogen-bond donors (Lipinski definition) is 1. The van der Waals surface area contributed by atoms with E-state index in [2.05, 4.69) is 19.2 Å². The largest absolute Gasteiger partial charge is 0.489 e. The molecule has 0 spiro atoms. The highest BCUT2D eigenvalue weighted by Crippen LogP contribution is 2.27. The minimum atomic E-state index is 0.534. The minimum Gasteiger partial charge on any atom is -0.489 e. The molecule has 0 radical (unpaired) electrons. The van der Waals surface area contributed by atoms with Crippen molar-refractivity contribution in [1.29, 1.82) is 0 Å². The van der Waals surface area contributed by atoms with Crippen LogP contribution in [0.25, 0.3) is 0 Å². The van der Waals surface area contributed by atoms with Gasteiger partial charge in [-0.25, -0.2) is 0 Å². The van der Waals surface area contributed by atoms with E-state index in [0.717, 1.165) is 24.5 Å². The third-order valence-electron chi connectivity index (χ3n) is 2.54. The van der Waals surface area contributed by atoms with Gasteiger partial charge in [-0.3, -0.25) is 0 Å². The lowest BCUT2D eigenvalue weighted by Gasteiger charge is -2.11. The molecule has 0 saturated carbocycles. The molecule has 102 valence electrons. The Morgan fingerprint density at radius 3 is 2.67 bits per heavy atom. The average molecular weight is 273 g/mol. The summed E-state index contributed by atoms with van der Waals surface area (Å²) in [6, 6.07) is 6.36. The normalized spacial score (nSPS) is 10.9. The van der Waals surface area contributed by atoms with Crippen molar-refractivity contribution in [3.05, 3.63) is 28.8 Å². The fraction of sp³-hybridized carbons (Fsp3) is 0.571. The van der Waals surface area contributed by atoms with Crippen LogP contribution in [-0.4, -0.2) is 32.4 Å². The number of hydrogen-bond acceptors (Lipinski definition) is 2. The lowest BCUT2D eigenvalue weighted by molar-refractivity contribution is -0.684. The highest BCUT2D eigenvalue weighted by Gasteiger charge is 2.04. The fourth-order valence-electron chi connectivity index (χ4n) is 1.59. The van der Waals surface area contributed by atoms with Crippen LogP contribution < -0.4 is 10.1 Å². The van der Waals surface area contributed by atoms with E-state index in [9.17, 15) is 0 Å². The van der Waals surface area contributed by atoms with Crippen LogP contribution in [0.1, 0.15) is 19.4 Å². The summed E-state index contributed by atoms with van der Waals surface area (Å²) in [5, 5.41) is 2.90. The SMILES string of the molecule is Cc1cccc(Cl)c1OCCOCC[NH2+]C(C)C. The number of benzene rings is 1. The molecule has 0 aliphatic rings. The predicted molar refractivity (Wildman–Crippen MR) is 74.4 cm³/mol. The first-order valence-electron chi connectivity index (χ1n) is 6.40. The number of halogens is 1. The monoisotopic (exact) mass is 272 g/mol. The molecule has 1 aromatic carbocycles. The third-order valence-corrected chi connectivity index (χ3v) is 2.84. The summed E-state index contributed by atoms with van der Waals surface area (Å²) in [6.45, 7) is 9.20. The highest BCUT2D eigenvalue weighted by atomic mass is 35.5. The molecule has 0 fully saturated rings. The zero-order valence-corrected chi connectivity index (χ0v) is 12.2. The summed E-state index contributed by atoms with van der Waals surface area (Å²) in [5.74, 6) is 0.761. The van der Waals surface area contributed by atoms with Gasteiger partial charge < -0.3 is 14.8 Å². The van der Waals surface area contributed by atoms with E-state index < -0.39 is 0 Å². The van der Waals surface area contributed by atoms with Crippen molar-refractivity contribution in [2.75, 3.05) is 26.4 Å². The Morgan fingerprint density at radius 1 is 1.22 bits per heavy atom. The smallest absolute Gasteiger partial charge is 0.140 e. The van der Waals surface area contributed by atoms with Crippen LogP contribution in [0, 0.1) is 6.92 Å². The fourth-order valence-corrected chi connectivity index (χ4v) is 1.87. The van der Waals surface area contributed by atoms with Gasteiger partial charge in [0.1, 0.15) is 12.4 Å². The van der Waals surface area contributed by atoms with Gasteiger partial charge in [0.05, 0.1) is 30.8 Å². The van der Waals surface area contributed by atoms with Crippen LogP contribution in [0.15, 0.2) is 18.2 Å². The van der Waals surface area contributed by atoms with Crippen LogP contribution in [0.5, 0.6) is 5.75 Å². The average Bonchev–Trinajstić information content (AvgIpc) is 2.30. The molecule has 0 aliphatic heterocycles. The van der Waals surface area contributed by atoms with Gasteiger partial charge in [0, 0.05) is 0 Å². The molecule has 1 aromatic rings. The quantitative estimate of drug-likeness (QED) is 0.735. The van der Waals surface area contributed by atoms with Gasteiger partial charge in [-0.15, -0.1) is 0 Å². The Balaban J connectivity index is 2.14. The van der Waals surface area contributed by atoms with Crippen molar-refractivity contribution in [2.24, 2.45) is 0 Å². The molecule has 1 rings (SSSR count). The zero-order chi connectivity index (χ0) is 13.4. The molecule has 18 heavy (non-hydrogen) atoms. The van der Waals surface area contributed by atoms with Crippen LogP contribution >= 0.6 is 11.6 Å². The second kappa shape index (κ2) is 8.35. The van der Waals surface area contributed by atoms with Gasteiger partial charge in [-0.1, -0.05) is 23.7 Å². The molecule has 0 heterocycles. The van der Waals surface area contributed by atoms with E-state index in [1.165, 1.54) is 0 Å². The van der Waals surface area contributed by atoms with E-state index >= 15 is 0 Å². The summed E-state index contributed by atoms with van der Waals surface area (Å²) in [4.78, 5) is 0. The first-order chi connectivity index (χ1) is 8.61. The number of rotatable bonds is 8. The molecule has 0 bridgehead atoms. The first kappa shape index (κ1) is 15.3. The Bertz CT molecular complexity index is 335. The van der Waals surface area contributed by atoms with Crippen LogP contribution in [-0.2, 0) is 4.74 Å². The van der Waals surface area contributed by atoms with Gasteiger partial charge in [-0.05, 0) is 32.4 Å². The molecular weight excluding hydrogens is 250 g/mol. The van der Waals surface area contributed by atoms with Crippen molar-refractivity contribution in [1.82, 2.24) is 0 Å². The van der Waals surface area contributed by atoms with Crippen LogP contribution in [0.4, 0.5) is 0 Å². The van der Waals surface area contributed by atoms with Crippen LogP contribution in [0.3, 0.4) is 0 Å². The molecule has 0 saturated heterocycles. The highest BCUT2D eigenvalue weighted by molar-refractivity contribution is 6.32. The summed E-state index contributed by atoms with van der Waals surface area (Å²) in [5.41, 5.74) is 1.05. The molecular formula is C14H23ClNO2+. The van der Waals surface area contributed by atoms with E-state index in [0.29, 0.717) is 24.3 Å². The lowest BCUT2D eigenvalue weighted by atomic mass is 10.2. The Morgan fingerprint density at radius 2 is 2.00 bits per heavy atom. The number of para-hydroxylation sites is 1. The van der Waals surface area contributed by atoms with E-state index in [4.69, 9.17) is 21.1 Å². The van der Waals surface area contributed by atoms with Crippen LogP contribution in [0.2, 0.25) is 5.02 Å². The van der Waals surface area contributed by atoms with Gasteiger partial charge in [-0.2, -0.15) is 0 Å². The van der Waals surface area contributed by atoms with E-state index in [1.807, 2.05) is 25.1 Å². The number of ether oxygens (including phenoxy) is 2. The van der Waals surface area contributed by atoms with Gasteiger partial charge >= 0.3 is 0 Å².